The zero-order valence-corrected chi connectivity index (χ0v) is 13.0. The Morgan fingerprint density at radius 3 is 2.65 bits per heavy atom. The molecule has 1 unspecified atom stereocenters. The number of carbonyl (C=O) groups excluding carboxylic acids is 1. The lowest BCUT2D eigenvalue weighted by Gasteiger charge is -2.16. The lowest BCUT2D eigenvalue weighted by Crippen LogP contribution is -2.27. The molecule has 3 nitrogen and oxygen atoms in total. The van der Waals surface area contributed by atoms with E-state index >= 15 is 0 Å². The van der Waals surface area contributed by atoms with Crippen molar-refractivity contribution in [2.45, 2.75) is 13.0 Å². The van der Waals surface area contributed by atoms with Gasteiger partial charge in [-0.3, -0.25) is 4.79 Å². The van der Waals surface area contributed by atoms with Crippen LogP contribution in [0.4, 0.5) is 0 Å². The predicted octanol–water partition coefficient (Wildman–Crippen LogP) is 3.95. The van der Waals surface area contributed by atoms with Crippen molar-refractivity contribution in [3.8, 4) is 5.75 Å². The van der Waals surface area contributed by atoms with E-state index in [0.717, 1.165) is 10.0 Å². The molecule has 0 saturated carbocycles. The Kier molecular flexibility index (Phi) is 4.79. The molecule has 0 spiro atoms. The fourth-order valence-corrected chi connectivity index (χ4v) is 2.38. The molecule has 0 fully saturated rings. The lowest BCUT2D eigenvalue weighted by molar-refractivity contribution is 0.0937. The van der Waals surface area contributed by atoms with Crippen LogP contribution in [0.2, 0.25) is 0 Å². The number of methoxy groups -OCH3 is 1. The molecule has 104 valence electrons. The number of para-hydroxylation sites is 1. The van der Waals surface area contributed by atoms with E-state index in [1.807, 2.05) is 43.3 Å². The Labute approximate surface area is 127 Å². The Morgan fingerprint density at radius 2 is 1.95 bits per heavy atom. The van der Waals surface area contributed by atoms with Gasteiger partial charge in [0.15, 0.2) is 0 Å². The average Bonchev–Trinajstić information content (AvgIpc) is 2.47. The van der Waals surface area contributed by atoms with Crippen LogP contribution in [0.5, 0.6) is 5.75 Å². The monoisotopic (exact) mass is 333 g/mol. The fourth-order valence-electron chi connectivity index (χ4n) is 1.97. The van der Waals surface area contributed by atoms with Gasteiger partial charge in [0, 0.05) is 4.47 Å². The second-order valence-corrected chi connectivity index (χ2v) is 5.37. The molecule has 0 aliphatic heterocycles. The number of nitrogens with one attached hydrogen (secondary N) is 1. The first-order valence-corrected chi connectivity index (χ1v) is 7.10. The van der Waals surface area contributed by atoms with Gasteiger partial charge in [0.1, 0.15) is 5.75 Å². The Bertz CT molecular complexity index is 613. The molecule has 0 heterocycles. The number of hydrogen-bond donors (Lipinski definition) is 1. The van der Waals surface area contributed by atoms with Gasteiger partial charge in [0.05, 0.1) is 18.7 Å². The van der Waals surface area contributed by atoms with Crippen LogP contribution >= 0.6 is 15.9 Å². The summed E-state index contributed by atoms with van der Waals surface area (Å²) >= 11 is 3.43. The number of halogens is 1. The molecule has 0 aliphatic carbocycles. The SMILES string of the molecule is COc1ccccc1C(=O)NC(C)c1cccc(Br)c1. The molecule has 1 atom stereocenters. The summed E-state index contributed by atoms with van der Waals surface area (Å²) in [5.41, 5.74) is 1.58. The van der Waals surface area contributed by atoms with Gasteiger partial charge < -0.3 is 10.1 Å². The number of carbonyl (C=O) groups is 1. The van der Waals surface area contributed by atoms with Gasteiger partial charge >= 0.3 is 0 Å². The van der Waals surface area contributed by atoms with Crippen molar-refractivity contribution in [3.63, 3.8) is 0 Å². The van der Waals surface area contributed by atoms with E-state index in [-0.39, 0.29) is 11.9 Å². The van der Waals surface area contributed by atoms with Gasteiger partial charge in [0.25, 0.3) is 5.91 Å². The topological polar surface area (TPSA) is 38.3 Å². The zero-order chi connectivity index (χ0) is 14.5. The van der Waals surface area contributed by atoms with Crippen molar-refractivity contribution in [3.05, 3.63) is 64.1 Å². The van der Waals surface area contributed by atoms with E-state index in [2.05, 4.69) is 21.2 Å². The Morgan fingerprint density at radius 1 is 1.20 bits per heavy atom. The van der Waals surface area contributed by atoms with Gasteiger partial charge in [-0.2, -0.15) is 0 Å². The molecule has 0 aromatic heterocycles. The molecule has 0 aliphatic rings. The van der Waals surface area contributed by atoms with E-state index < -0.39 is 0 Å². The fraction of sp³-hybridized carbons (Fsp3) is 0.188. The van der Waals surface area contributed by atoms with Crippen LogP contribution in [0, 0.1) is 0 Å². The van der Waals surface area contributed by atoms with E-state index in [1.165, 1.54) is 0 Å². The predicted molar refractivity (Wildman–Crippen MR) is 83.0 cm³/mol. The highest BCUT2D eigenvalue weighted by atomic mass is 79.9. The zero-order valence-electron chi connectivity index (χ0n) is 11.4. The normalized spacial score (nSPS) is 11.8. The summed E-state index contributed by atoms with van der Waals surface area (Å²) in [7, 11) is 1.56. The first kappa shape index (κ1) is 14.6. The maximum absolute atomic E-state index is 12.3. The molecular weight excluding hydrogens is 318 g/mol. The highest BCUT2D eigenvalue weighted by Gasteiger charge is 2.15. The molecule has 4 heteroatoms. The summed E-state index contributed by atoms with van der Waals surface area (Å²) in [6, 6.07) is 15.0. The maximum atomic E-state index is 12.3. The first-order valence-electron chi connectivity index (χ1n) is 6.31. The van der Waals surface area contributed by atoms with Gasteiger partial charge in [-0.1, -0.05) is 40.2 Å². The minimum Gasteiger partial charge on any atom is -0.496 e. The highest BCUT2D eigenvalue weighted by Crippen LogP contribution is 2.21. The molecule has 20 heavy (non-hydrogen) atoms. The second kappa shape index (κ2) is 6.57. The van der Waals surface area contributed by atoms with E-state index in [4.69, 9.17) is 4.74 Å². The van der Waals surface area contributed by atoms with Crippen LogP contribution < -0.4 is 10.1 Å². The van der Waals surface area contributed by atoms with Crippen LogP contribution in [0.1, 0.15) is 28.9 Å². The van der Waals surface area contributed by atoms with Gasteiger partial charge in [-0.25, -0.2) is 0 Å². The molecule has 0 radical (unpaired) electrons. The summed E-state index contributed by atoms with van der Waals surface area (Å²) in [6.45, 7) is 1.95. The largest absolute Gasteiger partial charge is 0.496 e. The second-order valence-electron chi connectivity index (χ2n) is 4.45. The summed E-state index contributed by atoms with van der Waals surface area (Å²) in [6.07, 6.45) is 0. The van der Waals surface area contributed by atoms with Gasteiger partial charge in [-0.15, -0.1) is 0 Å². The molecule has 0 saturated heterocycles. The van der Waals surface area contributed by atoms with Crippen molar-refractivity contribution in [1.29, 1.82) is 0 Å². The molecular formula is C16H16BrNO2. The van der Waals surface area contributed by atoms with E-state index in [0.29, 0.717) is 11.3 Å². The van der Waals surface area contributed by atoms with Gasteiger partial charge in [-0.05, 0) is 36.8 Å². The number of amides is 1. The summed E-state index contributed by atoms with van der Waals surface area (Å²) in [5.74, 6) is 0.432. The maximum Gasteiger partial charge on any atom is 0.255 e. The third-order valence-corrected chi connectivity index (χ3v) is 3.54. The molecule has 1 N–H and O–H groups in total. The Hall–Kier alpha value is -1.81. The molecule has 2 rings (SSSR count). The standard InChI is InChI=1S/C16H16BrNO2/c1-11(12-6-5-7-13(17)10-12)18-16(19)14-8-3-4-9-15(14)20-2/h3-11H,1-2H3,(H,18,19). The minimum absolute atomic E-state index is 0.0788. The molecule has 0 bridgehead atoms. The highest BCUT2D eigenvalue weighted by molar-refractivity contribution is 9.10. The van der Waals surface area contributed by atoms with E-state index in [1.54, 1.807) is 19.2 Å². The van der Waals surface area contributed by atoms with Gasteiger partial charge in [0.2, 0.25) is 0 Å². The van der Waals surface area contributed by atoms with Crippen molar-refractivity contribution in [1.82, 2.24) is 5.32 Å². The summed E-state index contributed by atoms with van der Waals surface area (Å²) in [4.78, 5) is 12.3. The number of ether oxygens (including phenoxy) is 1. The number of benzene rings is 2. The molecule has 2 aromatic carbocycles. The number of hydrogen-bond acceptors (Lipinski definition) is 2. The van der Waals surface area contributed by atoms with Crippen LogP contribution in [0.3, 0.4) is 0 Å². The first-order chi connectivity index (χ1) is 9.61. The number of rotatable bonds is 4. The van der Waals surface area contributed by atoms with Crippen molar-refractivity contribution in [2.75, 3.05) is 7.11 Å². The molecule has 1 amide bonds. The lowest BCUT2D eigenvalue weighted by atomic mass is 10.1. The molecule has 2 aromatic rings. The third kappa shape index (κ3) is 3.39. The van der Waals surface area contributed by atoms with Crippen molar-refractivity contribution in [2.24, 2.45) is 0 Å². The minimum atomic E-state index is -0.144. The Balaban J connectivity index is 2.15. The summed E-state index contributed by atoms with van der Waals surface area (Å²) in [5, 5.41) is 2.97. The van der Waals surface area contributed by atoms with Crippen molar-refractivity contribution >= 4 is 21.8 Å². The summed E-state index contributed by atoms with van der Waals surface area (Å²) < 4.78 is 6.20. The van der Waals surface area contributed by atoms with Crippen LogP contribution in [0.25, 0.3) is 0 Å². The third-order valence-electron chi connectivity index (χ3n) is 3.05. The smallest absolute Gasteiger partial charge is 0.255 e. The average molecular weight is 334 g/mol. The van der Waals surface area contributed by atoms with Crippen molar-refractivity contribution < 1.29 is 9.53 Å². The quantitative estimate of drug-likeness (QED) is 0.919. The van der Waals surface area contributed by atoms with Crippen LogP contribution in [0.15, 0.2) is 53.0 Å². The van der Waals surface area contributed by atoms with Crippen LogP contribution in [-0.2, 0) is 0 Å². The van der Waals surface area contributed by atoms with E-state index in [9.17, 15) is 4.79 Å². The van der Waals surface area contributed by atoms with Crippen LogP contribution in [-0.4, -0.2) is 13.0 Å².